The summed E-state index contributed by atoms with van der Waals surface area (Å²) in [7, 11) is 0. The summed E-state index contributed by atoms with van der Waals surface area (Å²) in [5, 5.41) is 100. The summed E-state index contributed by atoms with van der Waals surface area (Å²) in [4.78, 5) is 0. The number of fused-ring (bicyclic) bond motifs is 5. The van der Waals surface area contributed by atoms with E-state index in [0.29, 0.717) is 32.1 Å². The van der Waals surface area contributed by atoms with Crippen LogP contribution >= 0.6 is 0 Å². The van der Waals surface area contributed by atoms with Gasteiger partial charge in [0.15, 0.2) is 12.6 Å². The maximum absolute atomic E-state index is 12.3. The van der Waals surface area contributed by atoms with Crippen molar-refractivity contribution in [1.29, 1.82) is 0 Å². The van der Waals surface area contributed by atoms with Gasteiger partial charge in [0.2, 0.25) is 0 Å². The van der Waals surface area contributed by atoms with E-state index in [9.17, 15) is 46.0 Å². The lowest BCUT2D eigenvalue weighted by Gasteiger charge is -2.72. The van der Waals surface area contributed by atoms with Crippen LogP contribution in [0.25, 0.3) is 0 Å². The maximum atomic E-state index is 12.3. The fourth-order valence-corrected chi connectivity index (χ4v) is 13.3. The van der Waals surface area contributed by atoms with Gasteiger partial charge in [-0.15, -0.1) is 0 Å². The van der Waals surface area contributed by atoms with Crippen LogP contribution in [-0.4, -0.2) is 138 Å². The molecule has 4 saturated carbocycles. The summed E-state index contributed by atoms with van der Waals surface area (Å²) in [6.07, 6.45) is -8.99. The Balaban J connectivity index is 1.38. The molecule has 0 unspecified atom stereocenters. The zero-order valence-electron chi connectivity index (χ0n) is 34.4. The molecule has 6 rings (SSSR count). The first kappa shape index (κ1) is 43.8. The lowest BCUT2D eigenvalue weighted by molar-refractivity contribution is -0.382. The molecule has 0 amide bonds. The number of ether oxygens (including phenoxy) is 4. The molecule has 21 atom stereocenters. The smallest absolute Gasteiger partial charge is 0.187 e. The number of rotatable bonds is 9. The minimum Gasteiger partial charge on any atom is -0.394 e. The molecule has 0 aromatic carbocycles. The summed E-state index contributed by atoms with van der Waals surface area (Å²) >= 11 is 0. The van der Waals surface area contributed by atoms with E-state index in [4.69, 9.17) is 18.9 Å². The van der Waals surface area contributed by atoms with Crippen molar-refractivity contribution in [3.63, 3.8) is 0 Å². The van der Waals surface area contributed by atoms with Crippen LogP contribution in [-0.2, 0) is 18.9 Å². The van der Waals surface area contributed by atoms with Crippen LogP contribution < -0.4 is 0 Å². The molecule has 0 bridgehead atoms. The van der Waals surface area contributed by atoms with E-state index in [1.807, 2.05) is 20.8 Å². The fourth-order valence-electron chi connectivity index (χ4n) is 13.3. The van der Waals surface area contributed by atoms with Crippen LogP contribution in [0.5, 0.6) is 0 Å². The van der Waals surface area contributed by atoms with Crippen LogP contribution in [0.4, 0.5) is 0 Å². The van der Waals surface area contributed by atoms with Crippen molar-refractivity contribution in [3.05, 3.63) is 11.6 Å². The molecule has 2 aliphatic heterocycles. The fraction of sp³-hybridized carbons (Fsp3) is 0.952. The predicted octanol–water partition coefficient (Wildman–Crippen LogP) is 2.15. The van der Waals surface area contributed by atoms with Crippen molar-refractivity contribution < 1.29 is 64.9 Å². The van der Waals surface area contributed by atoms with Gasteiger partial charge in [-0.05, 0) is 124 Å². The second-order valence-electron chi connectivity index (χ2n) is 20.3. The predicted molar refractivity (Wildman–Crippen MR) is 201 cm³/mol. The molecule has 0 aromatic heterocycles. The highest BCUT2D eigenvalue weighted by molar-refractivity contribution is 5.22. The van der Waals surface area contributed by atoms with E-state index in [1.54, 1.807) is 0 Å². The van der Waals surface area contributed by atoms with Gasteiger partial charge in [0.1, 0.15) is 42.7 Å². The summed E-state index contributed by atoms with van der Waals surface area (Å²) in [6.45, 7) is 17.8. The zero-order chi connectivity index (χ0) is 40.8. The largest absolute Gasteiger partial charge is 0.394 e. The molecule has 0 aromatic rings. The second-order valence-corrected chi connectivity index (χ2v) is 20.3. The van der Waals surface area contributed by atoms with E-state index in [-0.39, 0.29) is 23.7 Å². The lowest BCUT2D eigenvalue weighted by atomic mass is 9.34. The van der Waals surface area contributed by atoms with Gasteiger partial charge in [-0.1, -0.05) is 46.3 Å². The van der Waals surface area contributed by atoms with E-state index >= 15 is 0 Å². The van der Waals surface area contributed by atoms with Crippen molar-refractivity contribution in [1.82, 2.24) is 0 Å². The standard InChI is InChI=1S/C42H72O13/c1-20(2)11-10-14-42(9,51)22-12-16-40(7)28(22)23(44)17-26-39(6)15-13-27(45)38(4,5)35(39)24(18-41(26,40)8)53-37-34(32(49)30(47)25(19-43)54-37)55-36-33(50)31(48)29(46)21(3)52-36/h11,21-37,43-51H,10,12-19H2,1-9H3/t21-,22-,23+,24-,25+,26+,27-,28-,29-,30+,31+,32-,33+,34+,35-,36-,37+,39+,40+,41+,42+/m0/s1. The Labute approximate surface area is 327 Å². The summed E-state index contributed by atoms with van der Waals surface area (Å²) in [6, 6.07) is 0. The Morgan fingerprint density at radius 2 is 1.49 bits per heavy atom. The first-order valence-corrected chi connectivity index (χ1v) is 20.8. The molecule has 13 nitrogen and oxygen atoms in total. The van der Waals surface area contributed by atoms with E-state index in [1.165, 1.54) is 12.5 Å². The molecule has 6 aliphatic rings. The van der Waals surface area contributed by atoms with Gasteiger partial charge in [-0.3, -0.25) is 0 Å². The zero-order valence-corrected chi connectivity index (χ0v) is 34.4. The molecule has 6 fully saturated rings. The molecular formula is C42H72O13. The average Bonchev–Trinajstić information content (AvgIpc) is 3.49. The van der Waals surface area contributed by atoms with Crippen molar-refractivity contribution in [2.75, 3.05) is 6.61 Å². The monoisotopic (exact) mass is 784 g/mol. The molecule has 55 heavy (non-hydrogen) atoms. The van der Waals surface area contributed by atoms with Gasteiger partial charge in [0.25, 0.3) is 0 Å². The first-order valence-electron chi connectivity index (χ1n) is 20.8. The molecule has 2 saturated heterocycles. The quantitative estimate of drug-likeness (QED) is 0.121. The van der Waals surface area contributed by atoms with Crippen molar-refractivity contribution >= 4 is 0 Å². The van der Waals surface area contributed by atoms with Crippen LogP contribution in [0.2, 0.25) is 0 Å². The van der Waals surface area contributed by atoms with Gasteiger partial charge >= 0.3 is 0 Å². The third-order valence-electron chi connectivity index (χ3n) is 16.5. The Kier molecular flexibility index (Phi) is 12.2. The van der Waals surface area contributed by atoms with Gasteiger partial charge in [0, 0.05) is 0 Å². The third-order valence-corrected chi connectivity index (χ3v) is 16.5. The molecule has 4 aliphatic carbocycles. The lowest BCUT2D eigenvalue weighted by Crippen LogP contribution is -2.71. The Bertz CT molecular complexity index is 1390. The van der Waals surface area contributed by atoms with Crippen LogP contribution in [0, 0.1) is 45.3 Å². The van der Waals surface area contributed by atoms with Crippen molar-refractivity contribution in [3.8, 4) is 0 Å². The molecule has 13 heteroatoms. The minimum atomic E-state index is -1.70. The Morgan fingerprint density at radius 3 is 2.13 bits per heavy atom. The van der Waals surface area contributed by atoms with Crippen molar-refractivity contribution in [2.45, 2.75) is 199 Å². The highest BCUT2D eigenvalue weighted by atomic mass is 16.8. The van der Waals surface area contributed by atoms with E-state index in [0.717, 1.165) is 19.3 Å². The van der Waals surface area contributed by atoms with Gasteiger partial charge in [0.05, 0.1) is 36.6 Å². The normalized spacial score (nSPS) is 53.4. The average molecular weight is 785 g/mol. The van der Waals surface area contributed by atoms with Gasteiger partial charge in [-0.2, -0.15) is 0 Å². The molecular weight excluding hydrogens is 712 g/mol. The SMILES string of the molecule is CC(C)=CCC[C@@](C)(O)[C@H]1CC[C@]2(C)[C@@H]1[C@H](O)C[C@@H]1[C@@]3(C)CC[C@H](O)C(C)(C)[C@@H]3[C@@H](O[C@@H]3O[C@H](CO)[C@@H](O)[C@H](O)[C@H]3O[C@@H]3O[C@@H](C)[C@H](O)[C@@H](O)[C@H]3O)C[C@]12C. The number of aliphatic hydroxyl groups is 9. The third kappa shape index (κ3) is 7.10. The first-order chi connectivity index (χ1) is 25.5. The maximum Gasteiger partial charge on any atom is 0.187 e. The van der Waals surface area contributed by atoms with E-state index in [2.05, 4.69) is 40.7 Å². The van der Waals surface area contributed by atoms with Gasteiger partial charge < -0.3 is 64.9 Å². The molecule has 9 N–H and O–H groups in total. The number of aliphatic hydroxyl groups excluding tert-OH is 8. The Hall–Kier alpha value is -0.780. The molecule has 0 radical (unpaired) electrons. The van der Waals surface area contributed by atoms with Crippen LogP contribution in [0.15, 0.2) is 11.6 Å². The molecule has 2 heterocycles. The van der Waals surface area contributed by atoms with E-state index < -0.39 is 114 Å². The number of allylic oxidation sites excluding steroid dienone is 2. The summed E-state index contributed by atoms with van der Waals surface area (Å²) in [5.41, 5.74) is -1.71. The van der Waals surface area contributed by atoms with Crippen LogP contribution in [0.1, 0.15) is 114 Å². The van der Waals surface area contributed by atoms with Crippen molar-refractivity contribution in [2.24, 2.45) is 45.3 Å². The molecule has 318 valence electrons. The minimum absolute atomic E-state index is 0.0411. The number of hydrogen-bond acceptors (Lipinski definition) is 13. The summed E-state index contributed by atoms with van der Waals surface area (Å²) in [5.74, 6) is -0.526. The molecule has 0 spiro atoms. The van der Waals surface area contributed by atoms with Gasteiger partial charge in [-0.25, -0.2) is 0 Å². The topological polar surface area (TPSA) is 219 Å². The van der Waals surface area contributed by atoms with Crippen LogP contribution in [0.3, 0.4) is 0 Å². The summed E-state index contributed by atoms with van der Waals surface area (Å²) < 4.78 is 25.1. The number of hydrogen-bond donors (Lipinski definition) is 9. The Morgan fingerprint density at radius 1 is 0.818 bits per heavy atom. The highest BCUT2D eigenvalue weighted by Gasteiger charge is 2.73. The second kappa shape index (κ2) is 15.4. The highest BCUT2D eigenvalue weighted by Crippen LogP contribution is 2.76.